The fraction of sp³-hybridized carbons (Fsp3) is 0.250. The highest BCUT2D eigenvalue weighted by Gasteiger charge is 2.06. The first kappa shape index (κ1) is 10.7. The first-order valence-corrected chi connectivity index (χ1v) is 5.29. The normalized spacial score (nSPS) is 10.6. The lowest BCUT2D eigenvalue weighted by Crippen LogP contribution is -2.19. The van der Waals surface area contributed by atoms with E-state index in [4.69, 9.17) is 5.73 Å². The average molecular weight is 217 g/mol. The molecule has 0 radical (unpaired) electrons. The molecule has 1 heterocycles. The number of hydrogen-bond acceptors (Lipinski definition) is 2. The first-order chi connectivity index (χ1) is 7.72. The van der Waals surface area contributed by atoms with Crippen LogP contribution in [0.4, 0.5) is 0 Å². The third-order valence-electron chi connectivity index (χ3n) is 2.55. The van der Waals surface area contributed by atoms with Crippen LogP contribution >= 0.6 is 0 Å². The smallest absolute Gasteiger partial charge is 0.274 e. The summed E-state index contributed by atoms with van der Waals surface area (Å²) < 4.78 is 1.53. The Morgan fingerprint density at radius 3 is 2.62 bits per heavy atom. The van der Waals surface area contributed by atoms with Crippen LogP contribution in [0.25, 0.3) is 5.69 Å². The zero-order valence-electron chi connectivity index (χ0n) is 9.23. The van der Waals surface area contributed by atoms with E-state index in [1.807, 2.05) is 31.2 Å². The van der Waals surface area contributed by atoms with Crippen molar-refractivity contribution in [2.75, 3.05) is 6.54 Å². The maximum absolute atomic E-state index is 11.9. The standard InChI is InChI=1S/C12H15N3O/c1-9-2-4-11(5-3-9)15-12(16)10(6-7-13)8-14-15/h2-5,8,14H,6-7,13H2,1H3. The maximum atomic E-state index is 11.9. The second kappa shape index (κ2) is 4.37. The van der Waals surface area contributed by atoms with Gasteiger partial charge in [-0.25, -0.2) is 4.68 Å². The molecule has 0 saturated carbocycles. The number of benzene rings is 1. The lowest BCUT2D eigenvalue weighted by Gasteiger charge is -2.01. The number of aryl methyl sites for hydroxylation is 1. The van der Waals surface area contributed by atoms with Gasteiger partial charge in [-0.05, 0) is 32.0 Å². The van der Waals surface area contributed by atoms with Crippen LogP contribution < -0.4 is 11.3 Å². The van der Waals surface area contributed by atoms with Crippen molar-refractivity contribution in [3.05, 3.63) is 51.9 Å². The van der Waals surface area contributed by atoms with Gasteiger partial charge >= 0.3 is 0 Å². The van der Waals surface area contributed by atoms with E-state index in [9.17, 15) is 4.79 Å². The molecule has 3 N–H and O–H groups in total. The summed E-state index contributed by atoms with van der Waals surface area (Å²) in [6, 6.07) is 7.79. The molecule has 84 valence electrons. The predicted molar refractivity (Wildman–Crippen MR) is 63.9 cm³/mol. The number of nitrogens with one attached hydrogen (secondary N) is 1. The number of nitrogens with zero attached hydrogens (tertiary/aromatic N) is 1. The topological polar surface area (TPSA) is 63.8 Å². The lowest BCUT2D eigenvalue weighted by molar-refractivity contribution is 0.843. The van der Waals surface area contributed by atoms with Crippen LogP contribution in [0.2, 0.25) is 0 Å². The van der Waals surface area contributed by atoms with E-state index < -0.39 is 0 Å². The van der Waals surface area contributed by atoms with Crippen molar-refractivity contribution in [1.29, 1.82) is 0 Å². The van der Waals surface area contributed by atoms with Crippen LogP contribution in [0.5, 0.6) is 0 Å². The average Bonchev–Trinajstić information content (AvgIpc) is 2.63. The quantitative estimate of drug-likeness (QED) is 0.804. The summed E-state index contributed by atoms with van der Waals surface area (Å²) in [6.07, 6.45) is 2.32. The number of nitrogens with two attached hydrogens (primary N) is 1. The third-order valence-corrected chi connectivity index (χ3v) is 2.55. The van der Waals surface area contributed by atoms with Crippen molar-refractivity contribution in [3.8, 4) is 5.69 Å². The number of hydrogen-bond donors (Lipinski definition) is 2. The van der Waals surface area contributed by atoms with Crippen molar-refractivity contribution in [1.82, 2.24) is 9.78 Å². The fourth-order valence-electron chi connectivity index (χ4n) is 1.63. The molecule has 0 bridgehead atoms. The Morgan fingerprint density at radius 1 is 1.31 bits per heavy atom. The monoisotopic (exact) mass is 217 g/mol. The zero-order valence-corrected chi connectivity index (χ0v) is 9.23. The summed E-state index contributed by atoms with van der Waals surface area (Å²) in [7, 11) is 0. The molecular weight excluding hydrogens is 202 g/mol. The Kier molecular flexibility index (Phi) is 2.92. The van der Waals surface area contributed by atoms with Gasteiger partial charge in [0.05, 0.1) is 5.69 Å². The van der Waals surface area contributed by atoms with Gasteiger partial charge in [-0.15, -0.1) is 0 Å². The number of aromatic amines is 1. The molecule has 0 aliphatic rings. The molecule has 0 aliphatic carbocycles. The van der Waals surface area contributed by atoms with E-state index in [1.165, 1.54) is 10.2 Å². The molecule has 0 fully saturated rings. The molecule has 0 saturated heterocycles. The molecule has 4 heteroatoms. The molecule has 1 aromatic carbocycles. The van der Waals surface area contributed by atoms with Crippen molar-refractivity contribution < 1.29 is 0 Å². The molecule has 0 amide bonds. The molecular formula is C12H15N3O. The largest absolute Gasteiger partial charge is 0.330 e. The van der Waals surface area contributed by atoms with Crippen LogP contribution in [0.15, 0.2) is 35.3 Å². The van der Waals surface area contributed by atoms with Crippen LogP contribution in [-0.2, 0) is 6.42 Å². The molecule has 1 aromatic heterocycles. The molecule has 0 unspecified atom stereocenters. The number of aromatic nitrogens is 2. The summed E-state index contributed by atoms with van der Waals surface area (Å²) in [5, 5.41) is 2.94. The summed E-state index contributed by atoms with van der Waals surface area (Å²) in [5.74, 6) is 0. The fourth-order valence-corrected chi connectivity index (χ4v) is 1.63. The second-order valence-electron chi connectivity index (χ2n) is 3.81. The maximum Gasteiger partial charge on any atom is 0.274 e. The lowest BCUT2D eigenvalue weighted by atomic mass is 10.2. The summed E-state index contributed by atoms with van der Waals surface area (Å²) in [6.45, 7) is 2.50. The molecule has 4 nitrogen and oxygen atoms in total. The van der Waals surface area contributed by atoms with Crippen LogP contribution in [0, 0.1) is 6.92 Å². The Hall–Kier alpha value is -1.81. The van der Waals surface area contributed by atoms with E-state index in [0.29, 0.717) is 13.0 Å². The van der Waals surface area contributed by atoms with E-state index in [1.54, 1.807) is 6.20 Å². The van der Waals surface area contributed by atoms with Gasteiger partial charge in [0.25, 0.3) is 5.56 Å². The highest BCUT2D eigenvalue weighted by atomic mass is 16.1. The highest BCUT2D eigenvalue weighted by Crippen LogP contribution is 2.06. The third kappa shape index (κ3) is 1.92. The van der Waals surface area contributed by atoms with Gasteiger partial charge in [0.15, 0.2) is 0 Å². The minimum absolute atomic E-state index is 0.0192. The SMILES string of the molecule is Cc1ccc(-n2[nH]cc(CCN)c2=O)cc1. The summed E-state index contributed by atoms with van der Waals surface area (Å²) in [4.78, 5) is 11.9. The Labute approximate surface area is 93.7 Å². The molecule has 0 aliphatic heterocycles. The number of rotatable bonds is 3. The summed E-state index contributed by atoms with van der Waals surface area (Å²) >= 11 is 0. The number of H-pyrrole nitrogens is 1. The van der Waals surface area contributed by atoms with Crippen molar-refractivity contribution >= 4 is 0 Å². The van der Waals surface area contributed by atoms with Crippen molar-refractivity contribution in [3.63, 3.8) is 0 Å². The highest BCUT2D eigenvalue weighted by molar-refractivity contribution is 5.34. The second-order valence-corrected chi connectivity index (χ2v) is 3.81. The summed E-state index contributed by atoms with van der Waals surface area (Å²) in [5.41, 5.74) is 8.16. The Balaban J connectivity index is 2.41. The van der Waals surface area contributed by atoms with Gasteiger partial charge in [-0.3, -0.25) is 9.89 Å². The molecule has 0 spiro atoms. The predicted octanol–water partition coefficient (Wildman–Crippen LogP) is 0.975. The van der Waals surface area contributed by atoms with Gasteiger partial charge < -0.3 is 5.73 Å². The zero-order chi connectivity index (χ0) is 11.5. The van der Waals surface area contributed by atoms with Crippen LogP contribution in [-0.4, -0.2) is 16.3 Å². The van der Waals surface area contributed by atoms with Crippen LogP contribution in [0.3, 0.4) is 0 Å². The van der Waals surface area contributed by atoms with Crippen molar-refractivity contribution in [2.24, 2.45) is 5.73 Å². The van der Waals surface area contributed by atoms with Crippen molar-refractivity contribution in [2.45, 2.75) is 13.3 Å². The minimum atomic E-state index is -0.0192. The van der Waals surface area contributed by atoms with E-state index in [2.05, 4.69) is 5.10 Å². The Morgan fingerprint density at radius 2 is 2.00 bits per heavy atom. The Bertz CT molecular complexity index is 522. The van der Waals surface area contributed by atoms with E-state index >= 15 is 0 Å². The van der Waals surface area contributed by atoms with Gasteiger partial charge in [0.2, 0.25) is 0 Å². The minimum Gasteiger partial charge on any atom is -0.330 e. The van der Waals surface area contributed by atoms with Gasteiger partial charge in [-0.2, -0.15) is 0 Å². The van der Waals surface area contributed by atoms with Gasteiger partial charge in [-0.1, -0.05) is 17.7 Å². The van der Waals surface area contributed by atoms with E-state index in [-0.39, 0.29) is 5.56 Å². The molecule has 2 rings (SSSR count). The van der Waals surface area contributed by atoms with E-state index in [0.717, 1.165) is 11.3 Å². The molecule has 2 aromatic rings. The molecule has 16 heavy (non-hydrogen) atoms. The van der Waals surface area contributed by atoms with Crippen LogP contribution in [0.1, 0.15) is 11.1 Å². The first-order valence-electron chi connectivity index (χ1n) is 5.29. The van der Waals surface area contributed by atoms with Gasteiger partial charge in [0, 0.05) is 11.8 Å². The van der Waals surface area contributed by atoms with Gasteiger partial charge in [0.1, 0.15) is 0 Å². The molecule has 0 atom stereocenters.